The van der Waals surface area contributed by atoms with E-state index in [2.05, 4.69) is 28.2 Å². The highest BCUT2D eigenvalue weighted by molar-refractivity contribution is 9.10. The molecular weight excluding hydrogens is 397 g/mol. The van der Waals surface area contributed by atoms with Crippen molar-refractivity contribution in [1.29, 1.82) is 0 Å². The van der Waals surface area contributed by atoms with Crippen LogP contribution in [0, 0.1) is 10.1 Å². The Labute approximate surface area is 139 Å². The molecular formula is C12H9BrNO4PS2. The molecule has 0 fully saturated rings. The van der Waals surface area contributed by atoms with Gasteiger partial charge in [-0.2, -0.15) is 0 Å². The zero-order valence-corrected chi connectivity index (χ0v) is 14.6. The Morgan fingerprint density at radius 1 is 1.05 bits per heavy atom. The fourth-order valence-corrected chi connectivity index (χ4v) is 3.57. The Balaban J connectivity index is 2.08. The van der Waals surface area contributed by atoms with Crippen molar-refractivity contribution in [3.63, 3.8) is 0 Å². The van der Waals surface area contributed by atoms with Crippen molar-refractivity contribution >= 4 is 51.4 Å². The van der Waals surface area contributed by atoms with E-state index in [1.807, 2.05) is 12.1 Å². The van der Waals surface area contributed by atoms with Crippen molar-refractivity contribution in [3.8, 4) is 11.5 Å². The summed E-state index contributed by atoms with van der Waals surface area (Å²) >= 11 is 12.8. The van der Waals surface area contributed by atoms with Crippen LogP contribution in [0.4, 0.5) is 5.69 Å². The van der Waals surface area contributed by atoms with Gasteiger partial charge in [-0.1, -0.05) is 28.2 Å². The van der Waals surface area contributed by atoms with Gasteiger partial charge in [-0.3, -0.25) is 10.1 Å². The predicted octanol–water partition coefficient (Wildman–Crippen LogP) is 4.97. The fourth-order valence-electron chi connectivity index (χ4n) is 1.41. The number of halogens is 1. The second kappa shape index (κ2) is 6.79. The van der Waals surface area contributed by atoms with Crippen LogP contribution in [-0.4, -0.2) is 4.92 Å². The highest BCUT2D eigenvalue weighted by atomic mass is 79.9. The third-order valence-corrected chi connectivity index (χ3v) is 4.65. The maximum atomic E-state index is 10.6. The van der Waals surface area contributed by atoms with E-state index in [-0.39, 0.29) is 5.69 Å². The van der Waals surface area contributed by atoms with Gasteiger partial charge in [0.1, 0.15) is 11.5 Å². The third kappa shape index (κ3) is 5.00. The molecule has 21 heavy (non-hydrogen) atoms. The van der Waals surface area contributed by atoms with Crippen LogP contribution in [0.5, 0.6) is 11.5 Å². The monoisotopic (exact) mass is 405 g/mol. The first-order chi connectivity index (χ1) is 9.85. The van der Waals surface area contributed by atoms with Crippen LogP contribution in [0.15, 0.2) is 53.0 Å². The molecule has 0 aliphatic rings. The van der Waals surface area contributed by atoms with Gasteiger partial charge in [-0.25, -0.2) is 0 Å². The maximum absolute atomic E-state index is 10.6. The number of nitro groups is 1. The summed E-state index contributed by atoms with van der Waals surface area (Å²) in [6, 6.07) is 12.7. The van der Waals surface area contributed by atoms with Gasteiger partial charge in [0, 0.05) is 16.6 Å². The Morgan fingerprint density at radius 3 is 1.90 bits per heavy atom. The van der Waals surface area contributed by atoms with Gasteiger partial charge >= 0.3 is 5.69 Å². The molecule has 2 aromatic carbocycles. The molecule has 0 saturated heterocycles. The van der Waals surface area contributed by atoms with E-state index < -0.39 is 10.6 Å². The fraction of sp³-hybridized carbons (Fsp3) is 0. The molecule has 0 aliphatic carbocycles. The summed E-state index contributed by atoms with van der Waals surface area (Å²) < 4.78 is 12.0. The molecule has 0 saturated carbocycles. The lowest BCUT2D eigenvalue weighted by Gasteiger charge is -2.18. The summed E-state index contributed by atoms with van der Waals surface area (Å²) in [6.07, 6.45) is 0. The summed E-state index contributed by atoms with van der Waals surface area (Å²) in [6.45, 7) is 0. The minimum absolute atomic E-state index is 0.0244. The highest BCUT2D eigenvalue weighted by Crippen LogP contribution is 2.53. The lowest BCUT2D eigenvalue weighted by Crippen LogP contribution is -1.95. The Hall–Kier alpha value is -1.08. The number of nitrogens with zero attached hydrogens (tertiary/aromatic N) is 1. The van der Waals surface area contributed by atoms with E-state index in [1.165, 1.54) is 24.3 Å². The summed E-state index contributed by atoms with van der Waals surface area (Å²) in [5.41, 5.74) is -2.87. The lowest BCUT2D eigenvalue weighted by molar-refractivity contribution is -0.384. The smallest absolute Gasteiger partial charge is 0.345 e. The van der Waals surface area contributed by atoms with Gasteiger partial charge in [0.2, 0.25) is 0 Å². The molecule has 0 N–H and O–H groups in total. The first kappa shape index (κ1) is 16.3. The summed E-state index contributed by atoms with van der Waals surface area (Å²) in [4.78, 5) is 10.1. The number of benzene rings is 2. The predicted molar refractivity (Wildman–Crippen MR) is 91.8 cm³/mol. The first-order valence-corrected chi connectivity index (χ1v) is 10.2. The second-order valence-electron chi connectivity index (χ2n) is 3.86. The van der Waals surface area contributed by atoms with Gasteiger partial charge in [-0.05, 0) is 48.2 Å². The normalized spacial score (nSPS) is 13.2. The topological polar surface area (TPSA) is 61.6 Å². The zero-order chi connectivity index (χ0) is 15.5. The molecule has 5 nitrogen and oxygen atoms in total. The molecule has 110 valence electrons. The summed E-state index contributed by atoms with van der Waals surface area (Å²) in [5.74, 6) is 0.912. The molecule has 0 heterocycles. The van der Waals surface area contributed by atoms with Crippen molar-refractivity contribution in [2.45, 2.75) is 0 Å². The van der Waals surface area contributed by atoms with Crippen LogP contribution in [0.3, 0.4) is 0 Å². The van der Waals surface area contributed by atoms with E-state index in [1.54, 1.807) is 12.1 Å². The van der Waals surface area contributed by atoms with Crippen LogP contribution >= 0.6 is 33.9 Å². The van der Waals surface area contributed by atoms with Gasteiger partial charge in [0.25, 0.3) is 5.69 Å². The SMILES string of the molecule is O=[N+]([O-])c1ccc(OP(=S)(S)Oc2ccc(Br)cc2)cc1. The van der Waals surface area contributed by atoms with Crippen LogP contribution in [0.25, 0.3) is 0 Å². The van der Waals surface area contributed by atoms with Crippen molar-refractivity contribution in [1.82, 2.24) is 0 Å². The number of thiol groups is 1. The summed E-state index contributed by atoms with van der Waals surface area (Å²) in [7, 11) is 0. The minimum Gasteiger partial charge on any atom is -0.428 e. The number of nitro benzene ring substituents is 1. The van der Waals surface area contributed by atoms with Crippen LogP contribution in [0.2, 0.25) is 0 Å². The highest BCUT2D eigenvalue weighted by Gasteiger charge is 2.17. The van der Waals surface area contributed by atoms with E-state index in [9.17, 15) is 10.1 Å². The van der Waals surface area contributed by atoms with Crippen molar-refractivity contribution in [3.05, 3.63) is 63.1 Å². The standard InChI is InChI=1S/C12H9BrNO4PS2/c13-9-1-5-11(6-2-9)17-19(20,21)18-12-7-3-10(4-8-12)14(15)16/h1-8H,(H,20,21). The number of hydrogen-bond acceptors (Lipinski definition) is 5. The molecule has 2 aromatic rings. The molecule has 9 heteroatoms. The Bertz CT molecular complexity index is 693. The molecule has 0 amide bonds. The van der Waals surface area contributed by atoms with Crippen LogP contribution in [0.1, 0.15) is 0 Å². The third-order valence-electron chi connectivity index (χ3n) is 2.30. The number of hydrogen-bond donors (Lipinski definition) is 1. The lowest BCUT2D eigenvalue weighted by atomic mass is 10.3. The largest absolute Gasteiger partial charge is 0.428 e. The van der Waals surface area contributed by atoms with Gasteiger partial charge in [-0.15, -0.1) is 0 Å². The van der Waals surface area contributed by atoms with E-state index in [4.69, 9.17) is 20.9 Å². The van der Waals surface area contributed by atoms with E-state index in [0.29, 0.717) is 11.5 Å². The van der Waals surface area contributed by atoms with Gasteiger partial charge < -0.3 is 9.05 Å². The van der Waals surface area contributed by atoms with Crippen molar-refractivity contribution in [2.75, 3.05) is 0 Å². The molecule has 1 atom stereocenters. The van der Waals surface area contributed by atoms with Gasteiger partial charge in [0.15, 0.2) is 0 Å². The second-order valence-corrected chi connectivity index (χ2v) is 9.91. The zero-order valence-electron chi connectivity index (χ0n) is 10.4. The van der Waals surface area contributed by atoms with Crippen molar-refractivity contribution < 1.29 is 14.0 Å². The molecule has 1 unspecified atom stereocenters. The van der Waals surface area contributed by atoms with E-state index >= 15 is 0 Å². The first-order valence-electron chi connectivity index (χ1n) is 5.58. The molecule has 0 spiro atoms. The quantitative estimate of drug-likeness (QED) is 0.329. The van der Waals surface area contributed by atoms with Crippen LogP contribution in [-0.2, 0) is 11.8 Å². The molecule has 2 rings (SSSR count). The van der Waals surface area contributed by atoms with Crippen molar-refractivity contribution in [2.24, 2.45) is 0 Å². The molecule has 0 aliphatic heterocycles. The number of rotatable bonds is 5. The average Bonchev–Trinajstić information content (AvgIpc) is 2.41. The minimum atomic E-state index is -2.85. The molecule has 0 aromatic heterocycles. The maximum Gasteiger partial charge on any atom is 0.345 e. The van der Waals surface area contributed by atoms with E-state index in [0.717, 1.165) is 4.47 Å². The van der Waals surface area contributed by atoms with Crippen LogP contribution < -0.4 is 9.05 Å². The molecule has 0 radical (unpaired) electrons. The summed E-state index contributed by atoms with van der Waals surface area (Å²) in [5, 5.41) is 10.6. The molecule has 0 bridgehead atoms. The Morgan fingerprint density at radius 2 is 1.48 bits per heavy atom. The Kier molecular flexibility index (Phi) is 5.27. The average molecular weight is 406 g/mol. The van der Waals surface area contributed by atoms with Gasteiger partial charge in [0.05, 0.1) is 4.92 Å². The number of non-ortho nitro benzene ring substituents is 1.